The molecule has 0 amide bonds. The van der Waals surface area contributed by atoms with E-state index >= 15 is 0 Å². The molecular weight excluding hydrogens is 214 g/mol. The van der Waals surface area contributed by atoms with E-state index in [-0.39, 0.29) is 5.56 Å². The van der Waals surface area contributed by atoms with Crippen molar-refractivity contribution in [2.75, 3.05) is 24.5 Å². The minimum absolute atomic E-state index is 0.149. The highest BCUT2D eigenvalue weighted by molar-refractivity contribution is 5.45. The van der Waals surface area contributed by atoms with Crippen LogP contribution >= 0.6 is 0 Å². The summed E-state index contributed by atoms with van der Waals surface area (Å²) in [5.74, 6) is 0. The lowest BCUT2D eigenvalue weighted by Crippen LogP contribution is -2.49. The molecule has 2 fully saturated rings. The third-order valence-electron chi connectivity index (χ3n) is 3.61. The van der Waals surface area contributed by atoms with Crippen LogP contribution in [0.15, 0.2) is 23.1 Å². The van der Waals surface area contributed by atoms with Crippen LogP contribution in [0.1, 0.15) is 25.8 Å². The van der Waals surface area contributed by atoms with Crippen LogP contribution < -0.4 is 15.8 Å². The highest BCUT2D eigenvalue weighted by Gasteiger charge is 2.24. The van der Waals surface area contributed by atoms with Crippen molar-refractivity contribution in [2.45, 2.75) is 31.8 Å². The third kappa shape index (κ3) is 2.22. The van der Waals surface area contributed by atoms with E-state index in [0.29, 0.717) is 12.1 Å². The lowest BCUT2D eigenvalue weighted by atomic mass is 10.2. The lowest BCUT2D eigenvalue weighted by molar-refractivity contribution is 0.484. The summed E-state index contributed by atoms with van der Waals surface area (Å²) in [4.78, 5) is 14.3. The Balaban J connectivity index is 1.83. The first-order valence-corrected chi connectivity index (χ1v) is 6.44. The van der Waals surface area contributed by atoms with E-state index < -0.39 is 0 Å². The summed E-state index contributed by atoms with van der Waals surface area (Å²) in [7, 11) is 0. The molecule has 1 saturated heterocycles. The largest absolute Gasteiger partial charge is 0.369 e. The summed E-state index contributed by atoms with van der Waals surface area (Å²) in [6.07, 6.45) is 4.27. The van der Waals surface area contributed by atoms with Crippen molar-refractivity contribution >= 4 is 5.69 Å². The molecule has 1 aromatic rings. The molecule has 1 aliphatic heterocycles. The molecule has 17 heavy (non-hydrogen) atoms. The molecule has 4 heteroatoms. The van der Waals surface area contributed by atoms with Crippen LogP contribution in [0.2, 0.25) is 0 Å². The van der Waals surface area contributed by atoms with Gasteiger partial charge in [-0.25, -0.2) is 0 Å². The molecule has 1 unspecified atom stereocenters. The van der Waals surface area contributed by atoms with Crippen LogP contribution in [0, 0.1) is 0 Å². The molecule has 1 N–H and O–H groups in total. The molecule has 0 spiro atoms. The summed E-state index contributed by atoms with van der Waals surface area (Å²) in [6.45, 7) is 5.13. The predicted molar refractivity (Wildman–Crippen MR) is 68.7 cm³/mol. The number of rotatable bonds is 2. The molecule has 1 aromatic heterocycles. The maximum Gasteiger partial charge on any atom is 0.252 e. The number of nitrogens with zero attached hydrogens (tertiary/aromatic N) is 2. The Morgan fingerprint density at radius 2 is 2.24 bits per heavy atom. The number of hydrogen-bond acceptors (Lipinski definition) is 3. The quantitative estimate of drug-likeness (QED) is 0.827. The summed E-state index contributed by atoms with van der Waals surface area (Å²) < 4.78 is 1.87. The third-order valence-corrected chi connectivity index (χ3v) is 3.61. The first-order chi connectivity index (χ1) is 8.24. The van der Waals surface area contributed by atoms with E-state index in [0.717, 1.165) is 38.2 Å². The van der Waals surface area contributed by atoms with Gasteiger partial charge >= 0.3 is 0 Å². The van der Waals surface area contributed by atoms with Crippen molar-refractivity contribution in [3.05, 3.63) is 28.7 Å². The Bertz CT molecular complexity index is 464. The van der Waals surface area contributed by atoms with Crippen molar-refractivity contribution in [1.82, 2.24) is 9.88 Å². The number of pyridine rings is 1. The normalized spacial score (nSPS) is 25.0. The number of nitrogens with one attached hydrogen (secondary N) is 1. The standard InChI is InChI=1S/C13H19N3O/c1-10-9-15(7-5-14-10)12-4-6-16(11-2-3-11)13(17)8-12/h4,6,8,10-11,14H,2-3,5,7,9H2,1H3. The zero-order valence-corrected chi connectivity index (χ0v) is 10.2. The minimum Gasteiger partial charge on any atom is -0.369 e. The summed E-state index contributed by atoms with van der Waals surface area (Å²) >= 11 is 0. The van der Waals surface area contributed by atoms with Gasteiger partial charge in [0, 0.05) is 49.7 Å². The van der Waals surface area contributed by atoms with Gasteiger partial charge in [0.25, 0.3) is 5.56 Å². The highest BCUT2D eigenvalue weighted by Crippen LogP contribution is 2.33. The number of aromatic nitrogens is 1. The molecule has 1 atom stereocenters. The first kappa shape index (κ1) is 10.8. The smallest absolute Gasteiger partial charge is 0.252 e. The maximum absolute atomic E-state index is 12.0. The molecule has 2 heterocycles. The Morgan fingerprint density at radius 1 is 1.41 bits per heavy atom. The Hall–Kier alpha value is -1.29. The molecule has 2 aliphatic rings. The summed E-state index contributed by atoms with van der Waals surface area (Å²) in [6, 6.07) is 4.84. The SMILES string of the molecule is CC1CN(c2ccn(C3CC3)c(=O)c2)CCN1. The van der Waals surface area contributed by atoms with Gasteiger partial charge in [-0.2, -0.15) is 0 Å². The minimum atomic E-state index is 0.149. The zero-order valence-electron chi connectivity index (χ0n) is 10.2. The van der Waals surface area contributed by atoms with Gasteiger partial charge in [0.1, 0.15) is 0 Å². The van der Waals surface area contributed by atoms with E-state index in [9.17, 15) is 4.79 Å². The Kier molecular flexibility index (Phi) is 2.67. The van der Waals surface area contributed by atoms with E-state index in [2.05, 4.69) is 23.2 Å². The fraction of sp³-hybridized carbons (Fsp3) is 0.615. The molecule has 92 valence electrons. The van der Waals surface area contributed by atoms with Crippen molar-refractivity contribution in [2.24, 2.45) is 0 Å². The molecule has 0 radical (unpaired) electrons. The fourth-order valence-electron chi connectivity index (χ4n) is 2.50. The van der Waals surface area contributed by atoms with Crippen molar-refractivity contribution in [1.29, 1.82) is 0 Å². The average molecular weight is 233 g/mol. The molecule has 1 saturated carbocycles. The number of hydrogen-bond donors (Lipinski definition) is 1. The van der Waals surface area contributed by atoms with Crippen LogP contribution in [0.25, 0.3) is 0 Å². The lowest BCUT2D eigenvalue weighted by Gasteiger charge is -2.33. The second-order valence-corrected chi connectivity index (χ2v) is 5.16. The maximum atomic E-state index is 12.0. The van der Waals surface area contributed by atoms with Gasteiger partial charge < -0.3 is 14.8 Å². The van der Waals surface area contributed by atoms with E-state index in [4.69, 9.17) is 0 Å². The molecule has 4 nitrogen and oxygen atoms in total. The average Bonchev–Trinajstić information content (AvgIpc) is 3.13. The molecule has 1 aliphatic carbocycles. The Morgan fingerprint density at radius 3 is 2.88 bits per heavy atom. The van der Waals surface area contributed by atoms with Gasteiger partial charge in [0.05, 0.1) is 0 Å². The summed E-state index contributed by atoms with van der Waals surface area (Å²) in [5.41, 5.74) is 1.22. The fourth-order valence-corrected chi connectivity index (χ4v) is 2.50. The van der Waals surface area contributed by atoms with Crippen LogP contribution in [0.3, 0.4) is 0 Å². The molecular formula is C13H19N3O. The van der Waals surface area contributed by atoms with Gasteiger partial charge in [-0.3, -0.25) is 4.79 Å². The summed E-state index contributed by atoms with van der Waals surface area (Å²) in [5, 5.41) is 3.41. The van der Waals surface area contributed by atoms with Crippen molar-refractivity contribution < 1.29 is 0 Å². The monoisotopic (exact) mass is 233 g/mol. The van der Waals surface area contributed by atoms with Gasteiger partial charge in [0.2, 0.25) is 0 Å². The molecule has 0 bridgehead atoms. The van der Waals surface area contributed by atoms with E-state index in [1.54, 1.807) is 6.07 Å². The van der Waals surface area contributed by atoms with Crippen LogP contribution in [-0.4, -0.2) is 30.2 Å². The molecule has 0 aromatic carbocycles. The van der Waals surface area contributed by atoms with E-state index in [1.165, 1.54) is 0 Å². The topological polar surface area (TPSA) is 37.3 Å². The van der Waals surface area contributed by atoms with Crippen molar-refractivity contribution in [3.63, 3.8) is 0 Å². The van der Waals surface area contributed by atoms with Crippen LogP contribution in [0.5, 0.6) is 0 Å². The second-order valence-electron chi connectivity index (χ2n) is 5.16. The van der Waals surface area contributed by atoms with Gasteiger partial charge in [0.15, 0.2) is 0 Å². The van der Waals surface area contributed by atoms with Gasteiger partial charge in [-0.05, 0) is 25.8 Å². The predicted octanol–water partition coefficient (Wildman–Crippen LogP) is 0.981. The second kappa shape index (κ2) is 4.18. The first-order valence-electron chi connectivity index (χ1n) is 6.44. The number of piperazine rings is 1. The van der Waals surface area contributed by atoms with Crippen LogP contribution in [-0.2, 0) is 0 Å². The van der Waals surface area contributed by atoms with Gasteiger partial charge in [-0.15, -0.1) is 0 Å². The van der Waals surface area contributed by atoms with E-state index in [1.807, 2.05) is 10.8 Å². The highest BCUT2D eigenvalue weighted by atomic mass is 16.1. The van der Waals surface area contributed by atoms with Crippen LogP contribution in [0.4, 0.5) is 5.69 Å². The Labute approximate surface area is 101 Å². The number of anilines is 1. The molecule has 3 rings (SSSR count). The van der Waals surface area contributed by atoms with Crippen molar-refractivity contribution in [3.8, 4) is 0 Å². The zero-order chi connectivity index (χ0) is 11.8. The van der Waals surface area contributed by atoms with Gasteiger partial charge in [-0.1, -0.05) is 0 Å².